The highest BCUT2D eigenvalue weighted by Gasteiger charge is 2.23. The van der Waals surface area contributed by atoms with Crippen LogP contribution in [0.4, 0.5) is 0 Å². The Morgan fingerprint density at radius 2 is 1.68 bits per heavy atom. The van der Waals surface area contributed by atoms with E-state index in [1.54, 1.807) is 4.90 Å². The van der Waals surface area contributed by atoms with Crippen LogP contribution in [0.1, 0.15) is 20.3 Å². The van der Waals surface area contributed by atoms with Gasteiger partial charge in [-0.2, -0.15) is 0 Å². The van der Waals surface area contributed by atoms with E-state index in [2.05, 4.69) is 19.2 Å². The van der Waals surface area contributed by atoms with E-state index in [1.165, 1.54) is 7.11 Å². The Hall–Kier alpha value is -1.14. The summed E-state index contributed by atoms with van der Waals surface area (Å²) in [4.78, 5) is 27.1. The van der Waals surface area contributed by atoms with E-state index in [0.717, 1.165) is 6.42 Å². The lowest BCUT2D eigenvalue weighted by Crippen LogP contribution is -2.53. The van der Waals surface area contributed by atoms with E-state index in [0.29, 0.717) is 38.8 Å². The van der Waals surface area contributed by atoms with Gasteiger partial charge in [0.05, 0.1) is 6.54 Å². The molecule has 0 bridgehead atoms. The van der Waals surface area contributed by atoms with Crippen molar-refractivity contribution in [3.8, 4) is 0 Å². The number of methoxy groups -OCH3 is 1. The summed E-state index contributed by atoms with van der Waals surface area (Å²) < 4.78 is 4.83. The van der Waals surface area contributed by atoms with Crippen molar-refractivity contribution in [2.24, 2.45) is 0 Å². The Balaban J connectivity index is 2.29. The molecule has 0 radical (unpaired) electrons. The molecule has 0 aromatic carbocycles. The zero-order valence-corrected chi connectivity index (χ0v) is 12.1. The molecule has 110 valence electrons. The summed E-state index contributed by atoms with van der Waals surface area (Å²) in [6.07, 6.45) is 1.01. The molecule has 1 aliphatic heterocycles. The lowest BCUT2D eigenvalue weighted by atomic mass is 10.2. The first-order valence-electron chi connectivity index (χ1n) is 6.86. The summed E-state index contributed by atoms with van der Waals surface area (Å²) in [7, 11) is 1.51. The van der Waals surface area contributed by atoms with Crippen molar-refractivity contribution < 1.29 is 14.3 Å². The smallest absolute Gasteiger partial charge is 0.248 e. The second-order valence-corrected chi connectivity index (χ2v) is 4.88. The van der Waals surface area contributed by atoms with Gasteiger partial charge in [-0.25, -0.2) is 0 Å². The largest absolute Gasteiger partial charge is 0.375 e. The zero-order chi connectivity index (χ0) is 14.3. The van der Waals surface area contributed by atoms with Crippen molar-refractivity contribution in [1.29, 1.82) is 0 Å². The summed E-state index contributed by atoms with van der Waals surface area (Å²) in [5.41, 5.74) is 0. The SMILES string of the molecule is CCC(C)NCC(=O)N1CCN(C(=O)COC)CC1. The highest BCUT2D eigenvalue weighted by atomic mass is 16.5. The van der Waals surface area contributed by atoms with E-state index in [1.807, 2.05) is 4.90 Å². The molecule has 1 unspecified atom stereocenters. The van der Waals surface area contributed by atoms with Gasteiger partial charge in [0.2, 0.25) is 11.8 Å². The van der Waals surface area contributed by atoms with E-state index >= 15 is 0 Å². The number of ether oxygens (including phenoxy) is 1. The average Bonchev–Trinajstić information content (AvgIpc) is 2.44. The quantitative estimate of drug-likeness (QED) is 0.720. The van der Waals surface area contributed by atoms with Crippen LogP contribution in [0.2, 0.25) is 0 Å². The van der Waals surface area contributed by atoms with Crippen molar-refractivity contribution in [2.45, 2.75) is 26.3 Å². The Kier molecular flexibility index (Phi) is 6.80. The van der Waals surface area contributed by atoms with Gasteiger partial charge < -0.3 is 19.9 Å². The molecule has 0 aliphatic carbocycles. The number of carbonyl (C=O) groups is 2. The first-order chi connectivity index (χ1) is 9.08. The van der Waals surface area contributed by atoms with Crippen LogP contribution >= 0.6 is 0 Å². The topological polar surface area (TPSA) is 61.9 Å². The second-order valence-electron chi connectivity index (χ2n) is 4.88. The van der Waals surface area contributed by atoms with Crippen LogP contribution < -0.4 is 5.32 Å². The van der Waals surface area contributed by atoms with Gasteiger partial charge >= 0.3 is 0 Å². The molecule has 1 aliphatic rings. The van der Waals surface area contributed by atoms with Crippen LogP contribution in [0.15, 0.2) is 0 Å². The Labute approximate surface area is 115 Å². The maximum atomic E-state index is 12.0. The third kappa shape index (κ3) is 5.16. The lowest BCUT2D eigenvalue weighted by molar-refractivity contribution is -0.141. The van der Waals surface area contributed by atoms with Gasteiger partial charge in [-0.3, -0.25) is 9.59 Å². The molecule has 0 saturated carbocycles. The lowest BCUT2D eigenvalue weighted by Gasteiger charge is -2.35. The first kappa shape index (κ1) is 15.9. The predicted octanol–water partition coefficient (Wildman–Crippen LogP) is -0.308. The van der Waals surface area contributed by atoms with Crippen LogP contribution in [-0.2, 0) is 14.3 Å². The van der Waals surface area contributed by atoms with Gasteiger partial charge in [-0.1, -0.05) is 6.92 Å². The number of piperazine rings is 1. The minimum absolute atomic E-state index is 0.00710. The number of carbonyl (C=O) groups excluding carboxylic acids is 2. The molecule has 2 amide bonds. The molecular weight excluding hydrogens is 246 g/mol. The summed E-state index contributed by atoms with van der Waals surface area (Å²) in [5, 5.41) is 3.19. The van der Waals surface area contributed by atoms with Crippen LogP contribution in [0.25, 0.3) is 0 Å². The maximum absolute atomic E-state index is 12.0. The van der Waals surface area contributed by atoms with Crippen LogP contribution in [0.3, 0.4) is 0 Å². The van der Waals surface area contributed by atoms with Gasteiger partial charge in [0.25, 0.3) is 0 Å². The van der Waals surface area contributed by atoms with E-state index in [9.17, 15) is 9.59 Å². The molecule has 1 fully saturated rings. The van der Waals surface area contributed by atoms with Gasteiger partial charge in [0, 0.05) is 39.3 Å². The van der Waals surface area contributed by atoms with E-state index < -0.39 is 0 Å². The molecule has 1 rings (SSSR count). The van der Waals surface area contributed by atoms with Crippen molar-refractivity contribution in [1.82, 2.24) is 15.1 Å². The molecule has 0 aromatic rings. The van der Waals surface area contributed by atoms with Gasteiger partial charge in [-0.15, -0.1) is 0 Å². The standard InChI is InChI=1S/C13H25N3O3/c1-4-11(2)14-9-12(17)15-5-7-16(8-6-15)13(18)10-19-3/h11,14H,4-10H2,1-3H3. The summed E-state index contributed by atoms with van der Waals surface area (Å²) >= 11 is 0. The molecule has 1 saturated heterocycles. The molecule has 6 heteroatoms. The average molecular weight is 271 g/mol. The number of hydrogen-bond donors (Lipinski definition) is 1. The molecular formula is C13H25N3O3. The number of nitrogens with zero attached hydrogens (tertiary/aromatic N) is 2. The van der Waals surface area contributed by atoms with Gasteiger partial charge in [-0.05, 0) is 13.3 Å². The predicted molar refractivity (Wildman–Crippen MR) is 72.8 cm³/mol. The van der Waals surface area contributed by atoms with E-state index in [4.69, 9.17) is 4.74 Å². The molecule has 0 spiro atoms. The number of amides is 2. The molecule has 19 heavy (non-hydrogen) atoms. The van der Waals surface area contributed by atoms with Crippen molar-refractivity contribution in [2.75, 3.05) is 46.4 Å². The van der Waals surface area contributed by atoms with Crippen molar-refractivity contribution in [3.63, 3.8) is 0 Å². The van der Waals surface area contributed by atoms with Crippen molar-refractivity contribution in [3.05, 3.63) is 0 Å². The third-order valence-electron chi connectivity index (χ3n) is 3.47. The third-order valence-corrected chi connectivity index (χ3v) is 3.47. The first-order valence-corrected chi connectivity index (χ1v) is 6.86. The van der Waals surface area contributed by atoms with Crippen molar-refractivity contribution >= 4 is 11.8 Å². The minimum atomic E-state index is -0.00710. The molecule has 1 heterocycles. The van der Waals surface area contributed by atoms with Crippen LogP contribution in [0, 0.1) is 0 Å². The number of rotatable bonds is 6. The fourth-order valence-electron chi connectivity index (χ4n) is 1.94. The second kappa shape index (κ2) is 8.12. The molecule has 1 N–H and O–H groups in total. The monoisotopic (exact) mass is 271 g/mol. The zero-order valence-electron chi connectivity index (χ0n) is 12.1. The van der Waals surface area contributed by atoms with E-state index in [-0.39, 0.29) is 18.4 Å². The summed E-state index contributed by atoms with van der Waals surface area (Å²) in [5.74, 6) is 0.103. The highest BCUT2D eigenvalue weighted by Crippen LogP contribution is 2.03. The van der Waals surface area contributed by atoms with Crippen LogP contribution in [-0.4, -0.2) is 74.1 Å². The number of hydrogen-bond acceptors (Lipinski definition) is 4. The fraction of sp³-hybridized carbons (Fsp3) is 0.846. The number of nitrogens with one attached hydrogen (secondary N) is 1. The van der Waals surface area contributed by atoms with Gasteiger partial charge in [0.15, 0.2) is 0 Å². The molecule has 1 atom stereocenters. The highest BCUT2D eigenvalue weighted by molar-refractivity contribution is 5.80. The minimum Gasteiger partial charge on any atom is -0.375 e. The van der Waals surface area contributed by atoms with Crippen LogP contribution in [0.5, 0.6) is 0 Å². The maximum Gasteiger partial charge on any atom is 0.248 e. The van der Waals surface area contributed by atoms with Gasteiger partial charge in [0.1, 0.15) is 6.61 Å². The summed E-state index contributed by atoms with van der Waals surface area (Å²) in [6, 6.07) is 0.355. The summed E-state index contributed by atoms with van der Waals surface area (Å²) in [6.45, 7) is 7.04. The normalized spacial score (nSPS) is 17.4. The molecule has 6 nitrogen and oxygen atoms in total. The Morgan fingerprint density at radius 1 is 1.16 bits per heavy atom. The molecule has 0 aromatic heterocycles. The Bertz CT molecular complexity index is 302. The Morgan fingerprint density at radius 3 is 2.16 bits per heavy atom. The fourth-order valence-corrected chi connectivity index (χ4v) is 1.94.